The number of thioether (sulfide) groups is 1. The Labute approximate surface area is 158 Å². The standard InChI is InChI=1S/C20H24N2O3S/c1-4-14-5-7-15(8-6-14)21-20(23)22-11-12-26-19(22)17-13-16(24-2)9-10-18(17)25-3/h5-10,13,19H,4,11-12H2,1-3H3,(H,21,23). The number of nitrogens with zero attached hydrogens (tertiary/aromatic N) is 1. The van der Waals surface area contributed by atoms with Gasteiger partial charge in [-0.3, -0.25) is 0 Å². The molecular weight excluding hydrogens is 348 g/mol. The van der Waals surface area contributed by atoms with Crippen molar-refractivity contribution in [3.8, 4) is 11.5 Å². The quantitative estimate of drug-likeness (QED) is 0.837. The van der Waals surface area contributed by atoms with Gasteiger partial charge in [0.2, 0.25) is 0 Å². The van der Waals surface area contributed by atoms with Crippen molar-refractivity contribution in [3.63, 3.8) is 0 Å². The molecule has 5 nitrogen and oxygen atoms in total. The summed E-state index contributed by atoms with van der Waals surface area (Å²) in [6.07, 6.45) is 0.981. The van der Waals surface area contributed by atoms with Crippen LogP contribution >= 0.6 is 11.8 Å². The molecule has 1 aliphatic heterocycles. The number of nitrogens with one attached hydrogen (secondary N) is 1. The summed E-state index contributed by atoms with van der Waals surface area (Å²) < 4.78 is 10.8. The van der Waals surface area contributed by atoms with Crippen LogP contribution in [0.15, 0.2) is 42.5 Å². The summed E-state index contributed by atoms with van der Waals surface area (Å²) in [6.45, 7) is 2.80. The lowest BCUT2D eigenvalue weighted by Crippen LogP contribution is -2.34. The zero-order chi connectivity index (χ0) is 18.5. The Morgan fingerprint density at radius 3 is 2.62 bits per heavy atom. The number of amides is 2. The van der Waals surface area contributed by atoms with E-state index in [9.17, 15) is 4.79 Å². The van der Waals surface area contributed by atoms with Gasteiger partial charge in [0.25, 0.3) is 0 Å². The molecule has 1 saturated heterocycles. The SMILES string of the molecule is CCc1ccc(NC(=O)N2CCSC2c2cc(OC)ccc2OC)cc1. The van der Waals surface area contributed by atoms with Crippen molar-refractivity contribution >= 4 is 23.5 Å². The van der Waals surface area contributed by atoms with Crippen molar-refractivity contribution < 1.29 is 14.3 Å². The minimum atomic E-state index is -0.103. The molecule has 2 aromatic rings. The van der Waals surface area contributed by atoms with E-state index in [1.54, 1.807) is 26.0 Å². The Kier molecular flexibility index (Phi) is 5.93. The second-order valence-corrected chi connectivity index (χ2v) is 7.19. The summed E-state index contributed by atoms with van der Waals surface area (Å²) in [7, 11) is 3.28. The van der Waals surface area contributed by atoms with Crippen LogP contribution in [0.1, 0.15) is 23.4 Å². The highest BCUT2D eigenvalue weighted by Gasteiger charge is 2.33. The van der Waals surface area contributed by atoms with Crippen LogP contribution in [0.25, 0.3) is 0 Å². The maximum absolute atomic E-state index is 12.8. The van der Waals surface area contributed by atoms with Crippen LogP contribution in [-0.4, -0.2) is 37.4 Å². The molecule has 0 radical (unpaired) electrons. The summed E-state index contributed by atoms with van der Waals surface area (Å²) in [4.78, 5) is 14.7. The molecule has 26 heavy (non-hydrogen) atoms. The van der Waals surface area contributed by atoms with Crippen LogP contribution in [-0.2, 0) is 6.42 Å². The number of anilines is 1. The van der Waals surface area contributed by atoms with Gasteiger partial charge in [-0.05, 0) is 42.3 Å². The number of hydrogen-bond donors (Lipinski definition) is 1. The highest BCUT2D eigenvalue weighted by atomic mass is 32.2. The van der Waals surface area contributed by atoms with Crippen molar-refractivity contribution in [2.45, 2.75) is 18.7 Å². The fraction of sp³-hybridized carbons (Fsp3) is 0.350. The number of hydrogen-bond acceptors (Lipinski definition) is 4. The van der Waals surface area contributed by atoms with E-state index < -0.39 is 0 Å². The molecule has 0 aliphatic carbocycles. The van der Waals surface area contributed by atoms with Crippen molar-refractivity contribution in [1.82, 2.24) is 4.90 Å². The van der Waals surface area contributed by atoms with E-state index in [0.29, 0.717) is 6.54 Å². The molecule has 1 unspecified atom stereocenters. The van der Waals surface area contributed by atoms with Crippen molar-refractivity contribution in [2.24, 2.45) is 0 Å². The molecule has 0 bridgehead atoms. The molecule has 2 aromatic carbocycles. The smallest absolute Gasteiger partial charge is 0.323 e. The molecule has 1 atom stereocenters. The predicted molar refractivity (Wildman–Crippen MR) is 106 cm³/mol. The van der Waals surface area contributed by atoms with E-state index in [2.05, 4.69) is 12.2 Å². The zero-order valence-corrected chi connectivity index (χ0v) is 16.1. The number of rotatable bonds is 5. The number of benzene rings is 2. The van der Waals surface area contributed by atoms with Crippen molar-refractivity contribution in [1.29, 1.82) is 0 Å². The van der Waals surface area contributed by atoms with Gasteiger partial charge < -0.3 is 19.7 Å². The van der Waals surface area contributed by atoms with Crippen molar-refractivity contribution in [3.05, 3.63) is 53.6 Å². The maximum atomic E-state index is 12.8. The molecule has 0 aromatic heterocycles. The van der Waals surface area contributed by atoms with Gasteiger partial charge in [-0.25, -0.2) is 4.79 Å². The lowest BCUT2D eigenvalue weighted by molar-refractivity contribution is 0.213. The molecule has 1 heterocycles. The normalized spacial score (nSPS) is 16.4. The van der Waals surface area contributed by atoms with E-state index in [1.165, 1.54) is 5.56 Å². The molecule has 138 valence electrons. The molecule has 1 aliphatic rings. The fourth-order valence-electron chi connectivity index (χ4n) is 2.99. The number of carbonyl (C=O) groups is 1. The summed E-state index contributed by atoms with van der Waals surface area (Å²) in [5.41, 5.74) is 3.00. The highest BCUT2D eigenvalue weighted by molar-refractivity contribution is 7.99. The molecule has 2 amide bonds. The molecular formula is C20H24N2O3S. The maximum Gasteiger partial charge on any atom is 0.323 e. The van der Waals surface area contributed by atoms with Gasteiger partial charge in [-0.1, -0.05) is 19.1 Å². The van der Waals surface area contributed by atoms with Gasteiger partial charge in [0.1, 0.15) is 16.9 Å². The van der Waals surface area contributed by atoms with Crippen LogP contribution in [0, 0.1) is 0 Å². The third-order valence-corrected chi connectivity index (χ3v) is 5.71. The summed E-state index contributed by atoms with van der Waals surface area (Å²) in [5, 5.41) is 2.90. The lowest BCUT2D eigenvalue weighted by Gasteiger charge is -2.26. The van der Waals surface area contributed by atoms with E-state index >= 15 is 0 Å². The molecule has 0 saturated carbocycles. The minimum absolute atomic E-state index is 0.102. The van der Waals surface area contributed by atoms with Gasteiger partial charge in [-0.2, -0.15) is 0 Å². The lowest BCUT2D eigenvalue weighted by atomic mass is 10.1. The number of carbonyl (C=O) groups excluding carboxylic acids is 1. The molecule has 3 rings (SSSR count). The van der Waals surface area contributed by atoms with Gasteiger partial charge in [0, 0.05) is 23.5 Å². The average Bonchev–Trinajstić information content (AvgIpc) is 3.18. The highest BCUT2D eigenvalue weighted by Crippen LogP contribution is 2.43. The van der Waals surface area contributed by atoms with Gasteiger partial charge in [0.05, 0.1) is 14.2 Å². The van der Waals surface area contributed by atoms with Crippen LogP contribution in [0.2, 0.25) is 0 Å². The van der Waals surface area contributed by atoms with E-state index in [1.807, 2.05) is 47.4 Å². The van der Waals surface area contributed by atoms with E-state index in [-0.39, 0.29) is 11.4 Å². The summed E-state index contributed by atoms with van der Waals surface area (Å²) in [6, 6.07) is 13.6. The topological polar surface area (TPSA) is 50.8 Å². The van der Waals surface area contributed by atoms with Crippen molar-refractivity contribution in [2.75, 3.05) is 31.8 Å². The summed E-state index contributed by atoms with van der Waals surface area (Å²) in [5.74, 6) is 2.40. The monoisotopic (exact) mass is 372 g/mol. The number of urea groups is 1. The first-order chi connectivity index (χ1) is 12.7. The van der Waals surface area contributed by atoms with Gasteiger partial charge >= 0.3 is 6.03 Å². The second-order valence-electron chi connectivity index (χ2n) is 6.01. The van der Waals surface area contributed by atoms with Crippen LogP contribution in [0.5, 0.6) is 11.5 Å². The van der Waals surface area contributed by atoms with E-state index in [4.69, 9.17) is 9.47 Å². The molecule has 1 fully saturated rings. The Morgan fingerprint density at radius 1 is 1.19 bits per heavy atom. The second kappa shape index (κ2) is 8.36. The zero-order valence-electron chi connectivity index (χ0n) is 15.3. The van der Waals surface area contributed by atoms with Crippen LogP contribution < -0.4 is 14.8 Å². The largest absolute Gasteiger partial charge is 0.497 e. The predicted octanol–water partition coefficient (Wildman–Crippen LogP) is 4.55. The molecule has 0 spiro atoms. The molecule has 6 heteroatoms. The first-order valence-electron chi connectivity index (χ1n) is 8.66. The van der Waals surface area contributed by atoms with Crippen LogP contribution in [0.3, 0.4) is 0 Å². The Morgan fingerprint density at radius 2 is 1.96 bits per heavy atom. The summed E-state index contributed by atoms with van der Waals surface area (Å²) >= 11 is 1.73. The first kappa shape index (κ1) is 18.5. The number of methoxy groups -OCH3 is 2. The van der Waals surface area contributed by atoms with Crippen LogP contribution in [0.4, 0.5) is 10.5 Å². The number of ether oxygens (including phenoxy) is 2. The fourth-order valence-corrected chi connectivity index (χ4v) is 4.26. The third-order valence-electron chi connectivity index (χ3n) is 4.47. The van der Waals surface area contributed by atoms with Gasteiger partial charge in [-0.15, -0.1) is 11.8 Å². The van der Waals surface area contributed by atoms with E-state index in [0.717, 1.165) is 34.9 Å². The Balaban J connectivity index is 1.80. The Hall–Kier alpha value is -2.34. The number of aryl methyl sites for hydroxylation is 1. The third kappa shape index (κ3) is 3.90. The minimum Gasteiger partial charge on any atom is -0.497 e. The van der Waals surface area contributed by atoms with Gasteiger partial charge in [0.15, 0.2) is 0 Å². The molecule has 1 N–H and O–H groups in total. The average molecular weight is 372 g/mol. The first-order valence-corrected chi connectivity index (χ1v) is 9.71. The Bertz CT molecular complexity index is 764.